The molecule has 0 fully saturated rings. The molecule has 4 nitrogen and oxygen atoms in total. The van der Waals surface area contributed by atoms with Crippen LogP contribution in [0.15, 0.2) is 48.5 Å². The Balaban J connectivity index is 1.33. The molecular weight excluding hydrogens is 360 g/mol. The van der Waals surface area contributed by atoms with Crippen molar-refractivity contribution in [2.75, 3.05) is 13.6 Å². The Kier molecular flexibility index (Phi) is 3.86. The topological polar surface area (TPSA) is 36.9 Å². The molecule has 3 heterocycles. The summed E-state index contributed by atoms with van der Waals surface area (Å²) in [5.74, 6) is 15.7. The van der Waals surface area contributed by atoms with Crippen molar-refractivity contribution in [3.63, 3.8) is 0 Å². The van der Waals surface area contributed by atoms with E-state index in [1.54, 1.807) is 11.3 Å². The van der Waals surface area contributed by atoms with Crippen LogP contribution >= 0.6 is 11.3 Å². The third-order valence-corrected chi connectivity index (χ3v) is 4.93. The Morgan fingerprint density at radius 1 is 0.556 bits per heavy atom. The van der Waals surface area contributed by atoms with Gasteiger partial charge in [-0.15, -0.1) is 11.3 Å². The molecule has 130 valence electrons. The van der Waals surface area contributed by atoms with E-state index in [1.807, 2.05) is 48.5 Å². The molecule has 2 aliphatic rings. The van der Waals surface area contributed by atoms with E-state index < -0.39 is 0 Å². The zero-order valence-electron chi connectivity index (χ0n) is 14.1. The fraction of sp³-hybridized carbons (Fsp3) is 0.0909. The Morgan fingerprint density at radius 2 is 1.04 bits per heavy atom. The van der Waals surface area contributed by atoms with Gasteiger partial charge in [-0.3, -0.25) is 0 Å². The first-order chi connectivity index (χ1) is 13.3. The van der Waals surface area contributed by atoms with Crippen molar-refractivity contribution < 1.29 is 18.9 Å². The van der Waals surface area contributed by atoms with E-state index in [2.05, 4.69) is 23.7 Å². The first-order valence-corrected chi connectivity index (χ1v) is 9.08. The van der Waals surface area contributed by atoms with Crippen LogP contribution in [0, 0.1) is 23.7 Å². The zero-order chi connectivity index (χ0) is 18.1. The van der Waals surface area contributed by atoms with Gasteiger partial charge < -0.3 is 18.9 Å². The summed E-state index contributed by atoms with van der Waals surface area (Å²) in [7, 11) is 0. The van der Waals surface area contributed by atoms with Gasteiger partial charge in [-0.1, -0.05) is 23.7 Å². The predicted molar refractivity (Wildman–Crippen MR) is 101 cm³/mol. The number of hydrogen-bond donors (Lipinski definition) is 0. The van der Waals surface area contributed by atoms with Crippen molar-refractivity contribution in [3.8, 4) is 46.7 Å². The molecule has 0 unspecified atom stereocenters. The molecule has 3 aromatic rings. The average Bonchev–Trinajstić information content (AvgIpc) is 3.44. The summed E-state index contributed by atoms with van der Waals surface area (Å²) in [5, 5.41) is 0. The fourth-order valence-corrected chi connectivity index (χ4v) is 3.40. The largest absolute Gasteiger partial charge is 0.454 e. The highest BCUT2D eigenvalue weighted by Crippen LogP contribution is 2.33. The van der Waals surface area contributed by atoms with Crippen LogP contribution in [-0.2, 0) is 0 Å². The van der Waals surface area contributed by atoms with E-state index in [0.29, 0.717) is 0 Å². The SMILES string of the molecule is C(#Cc1ccc(C#Cc2ccc3c(c2)OCO3)s1)c1ccc2c(c1)OCO2. The minimum absolute atomic E-state index is 0.266. The summed E-state index contributed by atoms with van der Waals surface area (Å²) in [5.41, 5.74) is 1.78. The molecule has 5 heteroatoms. The van der Waals surface area contributed by atoms with E-state index in [1.165, 1.54) is 0 Å². The number of thiophene rings is 1. The van der Waals surface area contributed by atoms with Gasteiger partial charge in [0.25, 0.3) is 0 Å². The van der Waals surface area contributed by atoms with Crippen LogP contribution in [0.2, 0.25) is 0 Å². The molecule has 2 aromatic carbocycles. The van der Waals surface area contributed by atoms with Crippen molar-refractivity contribution in [1.82, 2.24) is 0 Å². The lowest BCUT2D eigenvalue weighted by atomic mass is 10.2. The lowest BCUT2D eigenvalue weighted by Gasteiger charge is -1.95. The molecule has 0 saturated carbocycles. The van der Waals surface area contributed by atoms with Crippen molar-refractivity contribution in [2.24, 2.45) is 0 Å². The maximum Gasteiger partial charge on any atom is 0.231 e. The molecular formula is C22H12O4S. The van der Waals surface area contributed by atoms with Gasteiger partial charge in [0.15, 0.2) is 23.0 Å². The zero-order valence-corrected chi connectivity index (χ0v) is 14.9. The summed E-state index contributed by atoms with van der Waals surface area (Å²) in [4.78, 5) is 1.92. The number of ether oxygens (including phenoxy) is 4. The van der Waals surface area contributed by atoms with E-state index in [9.17, 15) is 0 Å². The lowest BCUT2D eigenvalue weighted by molar-refractivity contribution is 0.173. The number of hydrogen-bond acceptors (Lipinski definition) is 5. The van der Waals surface area contributed by atoms with Gasteiger partial charge >= 0.3 is 0 Å². The van der Waals surface area contributed by atoms with Crippen LogP contribution in [0.3, 0.4) is 0 Å². The van der Waals surface area contributed by atoms with Crippen molar-refractivity contribution >= 4 is 11.3 Å². The highest BCUT2D eigenvalue weighted by molar-refractivity contribution is 7.13. The smallest absolute Gasteiger partial charge is 0.231 e. The molecule has 0 radical (unpaired) electrons. The lowest BCUT2D eigenvalue weighted by Crippen LogP contribution is -1.92. The first kappa shape index (κ1) is 15.7. The van der Waals surface area contributed by atoms with Gasteiger partial charge in [0, 0.05) is 11.1 Å². The molecule has 0 amide bonds. The van der Waals surface area contributed by atoms with Crippen LogP contribution in [0.25, 0.3) is 0 Å². The quantitative estimate of drug-likeness (QED) is 0.559. The van der Waals surface area contributed by atoms with Crippen LogP contribution in [0.4, 0.5) is 0 Å². The molecule has 0 atom stereocenters. The molecule has 0 aliphatic carbocycles. The average molecular weight is 372 g/mol. The summed E-state index contributed by atoms with van der Waals surface area (Å²) < 4.78 is 21.4. The third-order valence-electron chi connectivity index (χ3n) is 4.01. The van der Waals surface area contributed by atoms with E-state index >= 15 is 0 Å². The van der Waals surface area contributed by atoms with Gasteiger partial charge in [0.05, 0.1) is 9.75 Å². The van der Waals surface area contributed by atoms with E-state index in [0.717, 1.165) is 43.9 Å². The Labute approximate surface area is 160 Å². The minimum Gasteiger partial charge on any atom is -0.454 e. The van der Waals surface area contributed by atoms with Crippen molar-refractivity contribution in [1.29, 1.82) is 0 Å². The first-order valence-electron chi connectivity index (χ1n) is 8.27. The second-order valence-electron chi connectivity index (χ2n) is 5.80. The molecule has 0 spiro atoms. The molecule has 0 bridgehead atoms. The second kappa shape index (κ2) is 6.64. The molecule has 1 aromatic heterocycles. The fourth-order valence-electron chi connectivity index (χ4n) is 2.69. The minimum atomic E-state index is 0.266. The van der Waals surface area contributed by atoms with Gasteiger partial charge in [0.2, 0.25) is 13.6 Å². The van der Waals surface area contributed by atoms with Gasteiger partial charge in [0.1, 0.15) is 0 Å². The third kappa shape index (κ3) is 3.29. The molecule has 0 saturated heterocycles. The highest BCUT2D eigenvalue weighted by Gasteiger charge is 2.13. The van der Waals surface area contributed by atoms with Gasteiger partial charge in [-0.2, -0.15) is 0 Å². The standard InChI is InChI=1S/C22H12O4S/c1(15-3-9-19-21(11-15)25-13-23-19)5-17-7-8-18(27-17)6-2-16-4-10-20-22(12-16)26-14-24-20/h3-4,7-12H,13-14H2. The van der Waals surface area contributed by atoms with Crippen molar-refractivity contribution in [3.05, 3.63) is 69.4 Å². The maximum atomic E-state index is 5.37. The maximum absolute atomic E-state index is 5.37. The Bertz CT molecular complexity index is 1060. The monoisotopic (exact) mass is 372 g/mol. The predicted octanol–water partition coefficient (Wildman–Crippen LogP) is 4.01. The number of fused-ring (bicyclic) bond motifs is 2. The summed E-state index contributed by atoms with van der Waals surface area (Å²) in [6.45, 7) is 0.533. The van der Waals surface area contributed by atoms with Gasteiger partial charge in [-0.05, 0) is 48.5 Å². The number of rotatable bonds is 0. The van der Waals surface area contributed by atoms with E-state index in [4.69, 9.17) is 18.9 Å². The van der Waals surface area contributed by atoms with E-state index in [-0.39, 0.29) is 13.6 Å². The Morgan fingerprint density at radius 3 is 1.56 bits per heavy atom. The second-order valence-corrected chi connectivity index (χ2v) is 6.88. The van der Waals surface area contributed by atoms with Crippen LogP contribution in [-0.4, -0.2) is 13.6 Å². The summed E-state index contributed by atoms with van der Waals surface area (Å²) >= 11 is 1.56. The van der Waals surface area contributed by atoms with Gasteiger partial charge in [-0.25, -0.2) is 0 Å². The van der Waals surface area contributed by atoms with Crippen LogP contribution in [0.5, 0.6) is 23.0 Å². The molecule has 2 aliphatic heterocycles. The number of benzene rings is 2. The molecule has 0 N–H and O–H groups in total. The molecule has 5 rings (SSSR count). The summed E-state index contributed by atoms with van der Waals surface area (Å²) in [6, 6.07) is 15.4. The Hall–Kier alpha value is -3.54. The van der Waals surface area contributed by atoms with Crippen LogP contribution in [0.1, 0.15) is 20.9 Å². The molecule has 27 heavy (non-hydrogen) atoms. The normalized spacial score (nSPS) is 12.7. The van der Waals surface area contributed by atoms with Crippen LogP contribution < -0.4 is 18.9 Å². The summed E-state index contributed by atoms with van der Waals surface area (Å²) in [6.07, 6.45) is 0. The highest BCUT2D eigenvalue weighted by atomic mass is 32.1. The van der Waals surface area contributed by atoms with Crippen molar-refractivity contribution in [2.45, 2.75) is 0 Å².